The zero-order valence-corrected chi connectivity index (χ0v) is 19.8. The minimum absolute atomic E-state index is 0. The maximum atomic E-state index is 5.39. The van der Waals surface area contributed by atoms with Crippen LogP contribution in [0.3, 0.4) is 0 Å². The number of hydrogen-bond acceptors (Lipinski definition) is 5. The van der Waals surface area contributed by atoms with Crippen molar-refractivity contribution in [1.29, 1.82) is 0 Å². The summed E-state index contributed by atoms with van der Waals surface area (Å²) < 4.78 is 16.1. The molecule has 28 heavy (non-hydrogen) atoms. The Bertz CT molecular complexity index is 571. The summed E-state index contributed by atoms with van der Waals surface area (Å²) in [6.45, 7) is 8.95. The number of aliphatic imine (C=N–C) groups is 1. The summed E-state index contributed by atoms with van der Waals surface area (Å²) in [5, 5.41) is 6.87. The standard InChI is InChI=1S/C20H34N4O3.HI/c1-5-21-20(22-9-12-27-6-2)23-16-7-10-24(11-8-16)17-13-18(25-3)15-19(14-17)26-4;/h13-16H,5-12H2,1-4H3,(H2,21,22,23);1H. The van der Waals surface area contributed by atoms with Gasteiger partial charge in [0, 0.05) is 56.2 Å². The second kappa shape index (κ2) is 13.7. The highest BCUT2D eigenvalue weighted by molar-refractivity contribution is 14.0. The molecule has 1 aliphatic rings. The second-order valence-corrected chi connectivity index (χ2v) is 6.43. The molecule has 0 aliphatic carbocycles. The van der Waals surface area contributed by atoms with E-state index >= 15 is 0 Å². The highest BCUT2D eigenvalue weighted by atomic mass is 127. The van der Waals surface area contributed by atoms with Crippen LogP contribution in [0.5, 0.6) is 11.5 Å². The van der Waals surface area contributed by atoms with Gasteiger partial charge in [0.25, 0.3) is 0 Å². The second-order valence-electron chi connectivity index (χ2n) is 6.43. The summed E-state index contributed by atoms with van der Waals surface area (Å²) >= 11 is 0. The van der Waals surface area contributed by atoms with Gasteiger partial charge in [-0.1, -0.05) is 0 Å². The molecule has 0 unspecified atom stereocenters. The summed E-state index contributed by atoms with van der Waals surface area (Å²) in [7, 11) is 3.36. The molecule has 7 nitrogen and oxygen atoms in total. The average Bonchev–Trinajstić information content (AvgIpc) is 2.71. The van der Waals surface area contributed by atoms with Gasteiger partial charge < -0.3 is 29.7 Å². The Balaban J connectivity index is 0.00000392. The van der Waals surface area contributed by atoms with Gasteiger partial charge in [-0.2, -0.15) is 0 Å². The third-order valence-corrected chi connectivity index (χ3v) is 4.59. The first kappa shape index (κ1) is 24.6. The number of rotatable bonds is 9. The molecule has 1 aromatic rings. The van der Waals surface area contributed by atoms with Crippen molar-refractivity contribution in [2.24, 2.45) is 4.99 Å². The first-order valence-corrected chi connectivity index (χ1v) is 9.80. The van der Waals surface area contributed by atoms with Crippen LogP contribution < -0.4 is 25.0 Å². The summed E-state index contributed by atoms with van der Waals surface area (Å²) in [5.41, 5.74) is 1.14. The molecule has 2 N–H and O–H groups in total. The van der Waals surface area contributed by atoms with E-state index in [1.54, 1.807) is 14.2 Å². The largest absolute Gasteiger partial charge is 0.497 e. The van der Waals surface area contributed by atoms with Crippen molar-refractivity contribution in [3.63, 3.8) is 0 Å². The Hall–Kier alpha value is -1.42. The summed E-state index contributed by atoms with van der Waals surface area (Å²) in [4.78, 5) is 6.97. The van der Waals surface area contributed by atoms with Gasteiger partial charge >= 0.3 is 0 Å². The molecule has 0 spiro atoms. The van der Waals surface area contributed by atoms with Crippen molar-refractivity contribution in [3.05, 3.63) is 18.2 Å². The van der Waals surface area contributed by atoms with Gasteiger partial charge in [0.1, 0.15) is 11.5 Å². The SMILES string of the molecule is CCNC(=NCCOCC)NC1CCN(c2cc(OC)cc(OC)c2)CC1.I. The van der Waals surface area contributed by atoms with E-state index < -0.39 is 0 Å². The number of nitrogens with one attached hydrogen (secondary N) is 2. The molecule has 0 aromatic heterocycles. The molecule has 0 saturated carbocycles. The Labute approximate surface area is 186 Å². The molecule has 8 heteroatoms. The molecule has 160 valence electrons. The van der Waals surface area contributed by atoms with Gasteiger partial charge in [-0.3, -0.25) is 4.99 Å². The Morgan fingerprint density at radius 1 is 1.11 bits per heavy atom. The van der Waals surface area contributed by atoms with E-state index in [1.165, 1.54) is 0 Å². The van der Waals surface area contributed by atoms with Gasteiger partial charge in [0.2, 0.25) is 0 Å². The Morgan fingerprint density at radius 2 is 1.75 bits per heavy atom. The number of ether oxygens (including phenoxy) is 3. The monoisotopic (exact) mass is 506 g/mol. The van der Waals surface area contributed by atoms with Crippen LogP contribution in [0, 0.1) is 0 Å². The lowest BCUT2D eigenvalue weighted by atomic mass is 10.0. The first-order valence-electron chi connectivity index (χ1n) is 9.80. The average molecular weight is 506 g/mol. The lowest BCUT2D eigenvalue weighted by Crippen LogP contribution is -2.48. The third kappa shape index (κ3) is 7.90. The maximum Gasteiger partial charge on any atom is 0.191 e. The molecular weight excluding hydrogens is 471 g/mol. The van der Waals surface area contributed by atoms with E-state index in [0.29, 0.717) is 19.2 Å². The quantitative estimate of drug-likeness (QED) is 0.233. The minimum Gasteiger partial charge on any atom is -0.497 e. The van der Waals surface area contributed by atoms with Gasteiger partial charge in [0.15, 0.2) is 5.96 Å². The predicted octanol–water partition coefficient (Wildman–Crippen LogP) is 2.88. The third-order valence-electron chi connectivity index (χ3n) is 4.59. The van der Waals surface area contributed by atoms with Gasteiger partial charge in [-0.15, -0.1) is 24.0 Å². The van der Waals surface area contributed by atoms with Crippen LogP contribution >= 0.6 is 24.0 Å². The van der Waals surface area contributed by atoms with E-state index in [-0.39, 0.29) is 24.0 Å². The number of hydrogen-bond donors (Lipinski definition) is 2. The van der Waals surface area contributed by atoms with Crippen LogP contribution in [0.25, 0.3) is 0 Å². The number of nitrogens with zero attached hydrogens (tertiary/aromatic N) is 2. The molecular formula is C20H35IN4O3. The Kier molecular flexibility index (Phi) is 12.1. The topological polar surface area (TPSA) is 67.4 Å². The smallest absolute Gasteiger partial charge is 0.191 e. The van der Waals surface area contributed by atoms with Crippen LogP contribution in [-0.4, -0.2) is 65.6 Å². The number of piperidine rings is 1. The lowest BCUT2D eigenvalue weighted by Gasteiger charge is -2.34. The van der Waals surface area contributed by atoms with Crippen molar-refractivity contribution < 1.29 is 14.2 Å². The fourth-order valence-electron chi connectivity index (χ4n) is 3.14. The van der Waals surface area contributed by atoms with Gasteiger partial charge in [0.05, 0.1) is 27.4 Å². The molecule has 1 aliphatic heterocycles. The zero-order chi connectivity index (χ0) is 19.5. The predicted molar refractivity (Wildman–Crippen MR) is 126 cm³/mol. The molecule has 1 aromatic carbocycles. The number of guanidine groups is 1. The van der Waals surface area contributed by atoms with E-state index in [9.17, 15) is 0 Å². The number of methoxy groups -OCH3 is 2. The first-order chi connectivity index (χ1) is 13.2. The fraction of sp³-hybridized carbons (Fsp3) is 0.650. The van der Waals surface area contributed by atoms with E-state index in [2.05, 4.69) is 39.6 Å². The fourth-order valence-corrected chi connectivity index (χ4v) is 3.14. The van der Waals surface area contributed by atoms with Crippen LogP contribution in [0.2, 0.25) is 0 Å². The molecule has 0 bridgehead atoms. The number of benzene rings is 1. The van der Waals surface area contributed by atoms with E-state index in [4.69, 9.17) is 14.2 Å². The molecule has 0 atom stereocenters. The molecule has 1 heterocycles. The highest BCUT2D eigenvalue weighted by Crippen LogP contribution is 2.30. The van der Waals surface area contributed by atoms with Crippen LogP contribution in [0.4, 0.5) is 5.69 Å². The zero-order valence-electron chi connectivity index (χ0n) is 17.5. The van der Waals surface area contributed by atoms with Crippen molar-refractivity contribution in [1.82, 2.24) is 10.6 Å². The van der Waals surface area contributed by atoms with Crippen molar-refractivity contribution >= 4 is 35.6 Å². The highest BCUT2D eigenvalue weighted by Gasteiger charge is 2.21. The molecule has 0 amide bonds. The van der Waals surface area contributed by atoms with Gasteiger partial charge in [-0.05, 0) is 26.7 Å². The molecule has 1 saturated heterocycles. The van der Waals surface area contributed by atoms with E-state index in [0.717, 1.165) is 62.2 Å². The van der Waals surface area contributed by atoms with Crippen molar-refractivity contribution in [2.45, 2.75) is 32.7 Å². The molecule has 1 fully saturated rings. The normalized spacial score (nSPS) is 15.0. The number of halogens is 1. The summed E-state index contributed by atoms with van der Waals surface area (Å²) in [6, 6.07) is 6.45. The molecule has 2 rings (SSSR count). The van der Waals surface area contributed by atoms with Crippen molar-refractivity contribution in [3.8, 4) is 11.5 Å². The molecule has 0 radical (unpaired) electrons. The Morgan fingerprint density at radius 3 is 2.29 bits per heavy atom. The summed E-state index contributed by atoms with van der Waals surface area (Å²) in [6.07, 6.45) is 2.10. The van der Waals surface area contributed by atoms with Crippen LogP contribution in [0.1, 0.15) is 26.7 Å². The maximum absolute atomic E-state index is 5.39. The van der Waals surface area contributed by atoms with Crippen LogP contribution in [0.15, 0.2) is 23.2 Å². The van der Waals surface area contributed by atoms with Gasteiger partial charge in [-0.25, -0.2) is 0 Å². The van der Waals surface area contributed by atoms with Crippen LogP contribution in [-0.2, 0) is 4.74 Å². The minimum atomic E-state index is 0. The lowest BCUT2D eigenvalue weighted by molar-refractivity contribution is 0.155. The summed E-state index contributed by atoms with van der Waals surface area (Å²) in [5.74, 6) is 2.51. The van der Waals surface area contributed by atoms with Crippen molar-refractivity contribution in [2.75, 3.05) is 58.5 Å². The van der Waals surface area contributed by atoms with E-state index in [1.807, 2.05) is 13.0 Å². The number of anilines is 1.